The molecule has 102 valence electrons. The normalized spacial score (nSPS) is 12.6. The third-order valence-corrected chi connectivity index (χ3v) is 2.81. The smallest absolute Gasteiger partial charge is 0.323 e. The molecule has 1 aromatic carbocycles. The number of imidazole rings is 1. The van der Waals surface area contributed by atoms with Crippen LogP contribution in [-0.2, 0) is 0 Å². The average molecular weight is 262 g/mol. The molecule has 2 rings (SSSR count). The molecule has 1 aromatic heterocycles. The Hall–Kier alpha value is -2.24. The minimum absolute atomic E-state index is 0.0932. The standard InChI is InChI=1S/C13H18N4O2/c1-7(2)14-12(18)15-8(3)9-4-5-10-11(6-9)17-13(19)16-10/h4-8H,1-3H3,(H2,14,15,18)(H2,16,17,19). The van der Waals surface area contributed by atoms with Crippen molar-refractivity contribution in [3.05, 3.63) is 34.2 Å². The van der Waals surface area contributed by atoms with Crippen molar-refractivity contribution in [2.75, 3.05) is 0 Å². The highest BCUT2D eigenvalue weighted by Crippen LogP contribution is 2.16. The van der Waals surface area contributed by atoms with Gasteiger partial charge >= 0.3 is 11.7 Å². The van der Waals surface area contributed by atoms with Gasteiger partial charge in [0.05, 0.1) is 17.1 Å². The summed E-state index contributed by atoms with van der Waals surface area (Å²) in [4.78, 5) is 28.2. The van der Waals surface area contributed by atoms with Crippen molar-refractivity contribution in [2.24, 2.45) is 0 Å². The second-order valence-corrected chi connectivity index (χ2v) is 4.88. The summed E-state index contributed by atoms with van der Waals surface area (Å²) in [5.41, 5.74) is 2.19. The van der Waals surface area contributed by atoms with Gasteiger partial charge in [-0.2, -0.15) is 0 Å². The van der Waals surface area contributed by atoms with Crippen LogP contribution >= 0.6 is 0 Å². The fourth-order valence-corrected chi connectivity index (χ4v) is 1.90. The molecule has 6 nitrogen and oxygen atoms in total. The molecule has 0 saturated heterocycles. The molecule has 1 unspecified atom stereocenters. The second kappa shape index (κ2) is 5.17. The number of H-pyrrole nitrogens is 2. The molecular weight excluding hydrogens is 244 g/mol. The van der Waals surface area contributed by atoms with Crippen LogP contribution in [0.25, 0.3) is 11.0 Å². The van der Waals surface area contributed by atoms with Gasteiger partial charge in [-0.1, -0.05) is 6.07 Å². The fraction of sp³-hybridized carbons (Fsp3) is 0.385. The van der Waals surface area contributed by atoms with Crippen LogP contribution in [0.3, 0.4) is 0 Å². The van der Waals surface area contributed by atoms with Crippen molar-refractivity contribution in [1.29, 1.82) is 0 Å². The Labute approximate surface area is 110 Å². The number of carbonyl (C=O) groups excluding carboxylic acids is 1. The number of rotatable bonds is 3. The first-order chi connectivity index (χ1) is 8.95. The summed E-state index contributed by atoms with van der Waals surface area (Å²) in [7, 11) is 0. The van der Waals surface area contributed by atoms with E-state index in [-0.39, 0.29) is 23.8 Å². The van der Waals surface area contributed by atoms with Crippen molar-refractivity contribution in [3.8, 4) is 0 Å². The number of aromatic nitrogens is 2. The lowest BCUT2D eigenvalue weighted by molar-refractivity contribution is 0.235. The second-order valence-electron chi connectivity index (χ2n) is 4.88. The number of carbonyl (C=O) groups is 1. The number of benzene rings is 1. The zero-order valence-electron chi connectivity index (χ0n) is 11.2. The summed E-state index contributed by atoms with van der Waals surface area (Å²) in [5, 5.41) is 5.62. The van der Waals surface area contributed by atoms with Crippen LogP contribution in [-0.4, -0.2) is 22.0 Å². The maximum atomic E-state index is 11.6. The minimum atomic E-state index is -0.231. The van der Waals surface area contributed by atoms with Crippen LogP contribution in [0.15, 0.2) is 23.0 Å². The first kappa shape index (κ1) is 13.2. The molecule has 0 fully saturated rings. The van der Waals surface area contributed by atoms with E-state index in [1.54, 1.807) is 0 Å². The largest absolute Gasteiger partial charge is 0.336 e. The molecule has 6 heteroatoms. The highest BCUT2D eigenvalue weighted by Gasteiger charge is 2.11. The van der Waals surface area contributed by atoms with Gasteiger partial charge in [0.1, 0.15) is 0 Å². The number of hydrogen-bond acceptors (Lipinski definition) is 2. The zero-order chi connectivity index (χ0) is 14.0. The minimum Gasteiger partial charge on any atom is -0.336 e. The lowest BCUT2D eigenvalue weighted by Crippen LogP contribution is -2.40. The molecule has 0 spiro atoms. The molecule has 2 aromatic rings. The molecule has 1 heterocycles. The van der Waals surface area contributed by atoms with Gasteiger partial charge in [-0.05, 0) is 38.5 Å². The molecule has 2 amide bonds. The third kappa shape index (κ3) is 3.15. The third-order valence-electron chi connectivity index (χ3n) is 2.81. The van der Waals surface area contributed by atoms with E-state index in [9.17, 15) is 9.59 Å². The molecule has 0 aliphatic carbocycles. The highest BCUT2D eigenvalue weighted by atomic mass is 16.2. The average Bonchev–Trinajstić information content (AvgIpc) is 2.66. The molecule has 0 aliphatic heterocycles. The van der Waals surface area contributed by atoms with E-state index in [4.69, 9.17) is 0 Å². The number of aromatic amines is 2. The van der Waals surface area contributed by atoms with Gasteiger partial charge in [-0.25, -0.2) is 9.59 Å². The van der Waals surface area contributed by atoms with Gasteiger partial charge in [-0.15, -0.1) is 0 Å². The maximum Gasteiger partial charge on any atom is 0.323 e. The van der Waals surface area contributed by atoms with Crippen LogP contribution in [0, 0.1) is 0 Å². The van der Waals surface area contributed by atoms with E-state index in [0.717, 1.165) is 16.6 Å². The van der Waals surface area contributed by atoms with E-state index < -0.39 is 0 Å². The van der Waals surface area contributed by atoms with E-state index in [1.165, 1.54) is 0 Å². The van der Waals surface area contributed by atoms with Gasteiger partial charge < -0.3 is 20.6 Å². The van der Waals surface area contributed by atoms with Gasteiger partial charge in [-0.3, -0.25) is 0 Å². The maximum absolute atomic E-state index is 11.6. The molecule has 0 aliphatic rings. The lowest BCUT2D eigenvalue weighted by Gasteiger charge is -2.16. The van der Waals surface area contributed by atoms with Crippen molar-refractivity contribution in [1.82, 2.24) is 20.6 Å². The summed E-state index contributed by atoms with van der Waals surface area (Å²) in [6.07, 6.45) is 0. The molecular formula is C13H18N4O2. The van der Waals surface area contributed by atoms with E-state index in [0.29, 0.717) is 0 Å². The van der Waals surface area contributed by atoms with E-state index in [2.05, 4.69) is 20.6 Å². The van der Waals surface area contributed by atoms with Crippen molar-refractivity contribution < 1.29 is 4.79 Å². The summed E-state index contributed by atoms with van der Waals surface area (Å²) in [6, 6.07) is 5.31. The number of fused-ring (bicyclic) bond motifs is 1. The summed E-state index contributed by atoms with van der Waals surface area (Å²) in [6.45, 7) is 5.70. The van der Waals surface area contributed by atoms with Crippen LogP contribution in [0.2, 0.25) is 0 Å². The number of hydrogen-bond donors (Lipinski definition) is 4. The Kier molecular flexibility index (Phi) is 3.59. The Morgan fingerprint density at radius 2 is 1.79 bits per heavy atom. The molecule has 0 radical (unpaired) electrons. The summed E-state index contributed by atoms with van der Waals surface area (Å²) < 4.78 is 0. The quantitative estimate of drug-likeness (QED) is 0.677. The lowest BCUT2D eigenvalue weighted by atomic mass is 10.1. The van der Waals surface area contributed by atoms with E-state index >= 15 is 0 Å². The fourth-order valence-electron chi connectivity index (χ4n) is 1.90. The van der Waals surface area contributed by atoms with Crippen LogP contribution in [0.5, 0.6) is 0 Å². The van der Waals surface area contributed by atoms with Gasteiger partial charge in [0.15, 0.2) is 0 Å². The number of nitrogens with one attached hydrogen (secondary N) is 4. The molecule has 1 atom stereocenters. The predicted octanol–water partition coefficient (Wildman–Crippen LogP) is 1.62. The van der Waals surface area contributed by atoms with Crippen molar-refractivity contribution in [3.63, 3.8) is 0 Å². The first-order valence-corrected chi connectivity index (χ1v) is 6.24. The van der Waals surface area contributed by atoms with Gasteiger partial charge in [0, 0.05) is 6.04 Å². The zero-order valence-corrected chi connectivity index (χ0v) is 11.2. The Morgan fingerprint density at radius 3 is 2.47 bits per heavy atom. The topological polar surface area (TPSA) is 89.8 Å². The van der Waals surface area contributed by atoms with Crippen LogP contribution in [0.4, 0.5) is 4.79 Å². The highest BCUT2D eigenvalue weighted by molar-refractivity contribution is 5.77. The molecule has 0 bridgehead atoms. The first-order valence-electron chi connectivity index (χ1n) is 6.24. The summed E-state index contributed by atoms with van der Waals surface area (Å²) in [5.74, 6) is 0. The predicted molar refractivity (Wildman–Crippen MR) is 74.1 cm³/mol. The molecule has 19 heavy (non-hydrogen) atoms. The molecule has 0 saturated carbocycles. The molecule has 4 N–H and O–H groups in total. The van der Waals surface area contributed by atoms with Gasteiger partial charge in [0.25, 0.3) is 0 Å². The Balaban J connectivity index is 2.14. The van der Waals surface area contributed by atoms with Crippen molar-refractivity contribution in [2.45, 2.75) is 32.9 Å². The van der Waals surface area contributed by atoms with Crippen molar-refractivity contribution >= 4 is 17.1 Å². The number of amides is 2. The SMILES string of the molecule is CC(C)NC(=O)NC(C)c1ccc2[nH]c(=O)[nH]c2c1. The van der Waals surface area contributed by atoms with E-state index in [1.807, 2.05) is 39.0 Å². The monoisotopic (exact) mass is 262 g/mol. The number of urea groups is 1. The van der Waals surface area contributed by atoms with Crippen LogP contribution in [0.1, 0.15) is 32.4 Å². The Morgan fingerprint density at radius 1 is 1.11 bits per heavy atom. The van der Waals surface area contributed by atoms with Gasteiger partial charge in [0.2, 0.25) is 0 Å². The summed E-state index contributed by atoms with van der Waals surface area (Å²) >= 11 is 0. The Bertz CT molecular complexity index is 641. The van der Waals surface area contributed by atoms with Crippen LogP contribution < -0.4 is 16.3 Å².